The Morgan fingerprint density at radius 2 is 2.19 bits per heavy atom. The lowest BCUT2D eigenvalue weighted by Gasteiger charge is -2.08. The van der Waals surface area contributed by atoms with Crippen molar-refractivity contribution in [3.05, 3.63) is 46.5 Å². The zero-order chi connectivity index (χ0) is 15.4. The molecular weight excluding hydrogens is 340 g/mol. The van der Waals surface area contributed by atoms with Crippen molar-refractivity contribution in [2.75, 3.05) is 12.3 Å². The summed E-state index contributed by atoms with van der Waals surface area (Å²) in [6.07, 6.45) is 2.82. The zero-order valence-corrected chi connectivity index (χ0v) is 12.5. The van der Waals surface area contributed by atoms with Crippen LogP contribution < -0.4 is 11.1 Å². The number of carbonyl (C=O) groups is 2. The average molecular weight is 353 g/mol. The number of carbonyl (C=O) groups excluding carboxylic acids is 1. The van der Waals surface area contributed by atoms with Crippen LogP contribution in [-0.2, 0) is 6.54 Å². The summed E-state index contributed by atoms with van der Waals surface area (Å²) in [5.41, 5.74) is 6.57. The van der Waals surface area contributed by atoms with Crippen LogP contribution >= 0.6 is 15.9 Å². The summed E-state index contributed by atoms with van der Waals surface area (Å²) < 4.78 is 2.25. The van der Waals surface area contributed by atoms with E-state index in [9.17, 15) is 9.59 Å². The van der Waals surface area contributed by atoms with Crippen molar-refractivity contribution in [1.29, 1.82) is 0 Å². The number of hydrogen-bond donors (Lipinski definition) is 3. The van der Waals surface area contributed by atoms with Crippen LogP contribution in [0.3, 0.4) is 0 Å². The maximum atomic E-state index is 12.0. The van der Waals surface area contributed by atoms with E-state index in [4.69, 9.17) is 10.8 Å². The van der Waals surface area contributed by atoms with Crippen LogP contribution in [0.2, 0.25) is 0 Å². The molecule has 0 saturated carbocycles. The number of rotatable bonds is 5. The van der Waals surface area contributed by atoms with Crippen molar-refractivity contribution >= 4 is 33.5 Å². The van der Waals surface area contributed by atoms with Gasteiger partial charge in [-0.05, 0) is 34.1 Å². The fraction of sp³-hybridized carbons (Fsp3) is 0.154. The molecule has 2 aromatic rings. The quantitative estimate of drug-likeness (QED) is 0.703. The van der Waals surface area contributed by atoms with Gasteiger partial charge in [0.2, 0.25) is 0 Å². The van der Waals surface area contributed by atoms with Crippen molar-refractivity contribution in [2.24, 2.45) is 0 Å². The van der Waals surface area contributed by atoms with Gasteiger partial charge in [-0.3, -0.25) is 4.79 Å². The minimum Gasteiger partial charge on any atom is -0.476 e. The minimum absolute atomic E-state index is 0.0279. The molecule has 0 aliphatic carbocycles. The Morgan fingerprint density at radius 3 is 2.86 bits per heavy atom. The standard InChI is InChI=1S/C13H13BrN4O3/c14-10-2-1-8(15)5-9(10)12(19)16-3-4-18-6-11(13(20)21)17-7-18/h1-2,5-7H,3-4,15H2,(H,16,19)(H,20,21). The number of hydrogen-bond acceptors (Lipinski definition) is 4. The lowest BCUT2D eigenvalue weighted by Crippen LogP contribution is -2.27. The van der Waals surface area contributed by atoms with E-state index in [1.807, 2.05) is 0 Å². The monoisotopic (exact) mass is 352 g/mol. The molecule has 21 heavy (non-hydrogen) atoms. The van der Waals surface area contributed by atoms with Crippen LogP contribution in [0.5, 0.6) is 0 Å². The summed E-state index contributed by atoms with van der Waals surface area (Å²) in [7, 11) is 0. The van der Waals surface area contributed by atoms with Gasteiger partial charge in [-0.15, -0.1) is 0 Å². The van der Waals surface area contributed by atoms with Crippen molar-refractivity contribution in [3.63, 3.8) is 0 Å². The molecule has 1 aromatic carbocycles. The van der Waals surface area contributed by atoms with Crippen LogP contribution in [0.15, 0.2) is 35.2 Å². The van der Waals surface area contributed by atoms with Crippen LogP contribution in [0.4, 0.5) is 5.69 Å². The lowest BCUT2D eigenvalue weighted by molar-refractivity contribution is 0.0690. The minimum atomic E-state index is -1.08. The normalized spacial score (nSPS) is 10.3. The van der Waals surface area contributed by atoms with Gasteiger partial charge >= 0.3 is 5.97 Å². The Kier molecular flexibility index (Phi) is 4.59. The highest BCUT2D eigenvalue weighted by Gasteiger charge is 2.10. The third kappa shape index (κ3) is 3.82. The largest absolute Gasteiger partial charge is 0.476 e. The van der Waals surface area contributed by atoms with E-state index < -0.39 is 5.97 Å². The third-order valence-corrected chi connectivity index (χ3v) is 3.43. The van der Waals surface area contributed by atoms with Crippen LogP contribution in [0.25, 0.3) is 0 Å². The molecule has 2 rings (SSSR count). The number of nitrogen functional groups attached to an aromatic ring is 1. The molecule has 0 radical (unpaired) electrons. The number of benzene rings is 1. The van der Waals surface area contributed by atoms with E-state index in [0.29, 0.717) is 28.8 Å². The number of imidazole rings is 1. The van der Waals surface area contributed by atoms with Gasteiger partial charge in [0.1, 0.15) is 0 Å². The summed E-state index contributed by atoms with van der Waals surface area (Å²) in [5.74, 6) is -1.34. The number of nitrogens with zero attached hydrogens (tertiary/aromatic N) is 2. The van der Waals surface area contributed by atoms with Crippen molar-refractivity contribution < 1.29 is 14.7 Å². The molecule has 0 bridgehead atoms. The average Bonchev–Trinajstić information content (AvgIpc) is 2.90. The fourth-order valence-corrected chi connectivity index (χ4v) is 2.13. The first-order valence-electron chi connectivity index (χ1n) is 6.05. The van der Waals surface area contributed by atoms with Gasteiger partial charge in [0.05, 0.1) is 11.9 Å². The number of aromatic carboxylic acids is 1. The van der Waals surface area contributed by atoms with E-state index in [1.165, 1.54) is 12.5 Å². The van der Waals surface area contributed by atoms with E-state index in [-0.39, 0.29) is 11.6 Å². The van der Waals surface area contributed by atoms with Crippen molar-refractivity contribution in [3.8, 4) is 0 Å². The molecule has 110 valence electrons. The Morgan fingerprint density at radius 1 is 1.43 bits per heavy atom. The summed E-state index contributed by atoms with van der Waals surface area (Å²) in [4.78, 5) is 26.4. The van der Waals surface area contributed by atoms with Gasteiger partial charge in [-0.1, -0.05) is 0 Å². The molecule has 0 atom stereocenters. The van der Waals surface area contributed by atoms with E-state index in [1.54, 1.807) is 22.8 Å². The molecular formula is C13H13BrN4O3. The first-order valence-corrected chi connectivity index (χ1v) is 6.85. The van der Waals surface area contributed by atoms with E-state index >= 15 is 0 Å². The maximum absolute atomic E-state index is 12.0. The Labute approximate surface area is 128 Å². The predicted octanol–water partition coefficient (Wildman–Crippen LogP) is 1.36. The fourth-order valence-electron chi connectivity index (χ4n) is 1.70. The second-order valence-electron chi connectivity index (χ2n) is 4.30. The summed E-state index contributed by atoms with van der Waals surface area (Å²) in [6, 6.07) is 4.98. The second-order valence-corrected chi connectivity index (χ2v) is 5.15. The molecule has 1 aromatic heterocycles. The van der Waals surface area contributed by atoms with Crippen LogP contribution in [-0.4, -0.2) is 33.1 Å². The van der Waals surface area contributed by atoms with Crippen LogP contribution in [0.1, 0.15) is 20.8 Å². The van der Waals surface area contributed by atoms with Gasteiger partial charge in [0.25, 0.3) is 5.91 Å². The van der Waals surface area contributed by atoms with Gasteiger partial charge in [-0.2, -0.15) is 0 Å². The molecule has 0 saturated heterocycles. The van der Waals surface area contributed by atoms with Gasteiger partial charge in [0, 0.05) is 29.4 Å². The van der Waals surface area contributed by atoms with Crippen molar-refractivity contribution in [2.45, 2.75) is 6.54 Å². The zero-order valence-electron chi connectivity index (χ0n) is 10.9. The Hall–Kier alpha value is -2.35. The number of carboxylic acid groups (broad SMARTS) is 1. The highest BCUT2D eigenvalue weighted by atomic mass is 79.9. The number of anilines is 1. The topological polar surface area (TPSA) is 110 Å². The van der Waals surface area contributed by atoms with E-state index in [2.05, 4.69) is 26.2 Å². The molecule has 4 N–H and O–H groups in total. The number of amides is 1. The highest BCUT2D eigenvalue weighted by molar-refractivity contribution is 9.10. The summed E-state index contributed by atoms with van der Waals surface area (Å²) >= 11 is 3.29. The Bertz CT molecular complexity index is 684. The number of nitrogens with two attached hydrogens (primary N) is 1. The molecule has 0 aliphatic heterocycles. The number of nitrogens with one attached hydrogen (secondary N) is 1. The molecule has 0 aliphatic rings. The summed E-state index contributed by atoms with van der Waals surface area (Å²) in [6.45, 7) is 0.765. The first kappa shape index (κ1) is 15.0. The molecule has 0 fully saturated rings. The predicted molar refractivity (Wildman–Crippen MR) is 80.1 cm³/mol. The van der Waals surface area contributed by atoms with Gasteiger partial charge in [-0.25, -0.2) is 9.78 Å². The van der Waals surface area contributed by atoms with Crippen molar-refractivity contribution in [1.82, 2.24) is 14.9 Å². The number of aromatic nitrogens is 2. The molecule has 8 heteroatoms. The second kappa shape index (κ2) is 6.40. The molecule has 7 nitrogen and oxygen atoms in total. The smallest absolute Gasteiger partial charge is 0.356 e. The molecule has 1 amide bonds. The molecule has 1 heterocycles. The van der Waals surface area contributed by atoms with E-state index in [0.717, 1.165) is 0 Å². The molecule has 0 spiro atoms. The summed E-state index contributed by atoms with van der Waals surface area (Å²) in [5, 5.41) is 11.5. The maximum Gasteiger partial charge on any atom is 0.356 e. The number of halogens is 1. The highest BCUT2D eigenvalue weighted by Crippen LogP contribution is 2.19. The SMILES string of the molecule is Nc1ccc(Br)c(C(=O)NCCn2cnc(C(=O)O)c2)c1. The lowest BCUT2D eigenvalue weighted by atomic mass is 10.2. The van der Waals surface area contributed by atoms with Crippen LogP contribution in [0, 0.1) is 0 Å². The van der Waals surface area contributed by atoms with Gasteiger partial charge in [0.15, 0.2) is 5.69 Å². The third-order valence-electron chi connectivity index (χ3n) is 2.74. The van der Waals surface area contributed by atoms with Gasteiger partial charge < -0.3 is 20.7 Å². The first-order chi connectivity index (χ1) is 9.97. The molecule has 0 unspecified atom stereocenters. The number of carboxylic acids is 1. The Balaban J connectivity index is 1.92.